The molecule has 0 aliphatic rings. The van der Waals surface area contributed by atoms with Crippen molar-refractivity contribution < 1.29 is 14.7 Å². The molecule has 1 unspecified atom stereocenters. The summed E-state index contributed by atoms with van der Waals surface area (Å²) in [7, 11) is 0. The first kappa shape index (κ1) is 13.6. The summed E-state index contributed by atoms with van der Waals surface area (Å²) in [5, 5.41) is 11.1. The number of rotatable bonds is 7. The standard InChI is InChI=1S/C8H14ClNO3S/c1-6(11)10-7(8(12)13)2-4-14-5-3-9/h7H,2-5H2,1H3,(H,10,11)(H,12,13). The van der Waals surface area contributed by atoms with Crippen molar-refractivity contribution in [3.63, 3.8) is 0 Å². The van der Waals surface area contributed by atoms with E-state index in [0.717, 1.165) is 5.75 Å². The van der Waals surface area contributed by atoms with Crippen molar-refractivity contribution in [2.24, 2.45) is 0 Å². The molecule has 0 aromatic rings. The molecule has 0 aliphatic heterocycles. The van der Waals surface area contributed by atoms with E-state index in [9.17, 15) is 9.59 Å². The van der Waals surface area contributed by atoms with Gasteiger partial charge in [0.05, 0.1) is 0 Å². The van der Waals surface area contributed by atoms with Gasteiger partial charge in [-0.3, -0.25) is 4.79 Å². The number of hydrogen-bond donors (Lipinski definition) is 2. The summed E-state index contributed by atoms with van der Waals surface area (Å²) in [5.41, 5.74) is 0. The van der Waals surface area contributed by atoms with Crippen LogP contribution in [0.4, 0.5) is 0 Å². The number of nitrogens with one attached hydrogen (secondary N) is 1. The van der Waals surface area contributed by atoms with E-state index in [0.29, 0.717) is 18.1 Å². The van der Waals surface area contributed by atoms with E-state index in [4.69, 9.17) is 16.7 Å². The molecular formula is C8H14ClNO3S. The number of carboxylic acid groups (broad SMARTS) is 1. The van der Waals surface area contributed by atoms with Crippen LogP contribution in [0, 0.1) is 0 Å². The number of hydrogen-bond acceptors (Lipinski definition) is 3. The molecule has 0 bridgehead atoms. The molecule has 2 N–H and O–H groups in total. The van der Waals surface area contributed by atoms with Gasteiger partial charge < -0.3 is 10.4 Å². The minimum atomic E-state index is -0.994. The Hall–Kier alpha value is -0.420. The maximum absolute atomic E-state index is 10.6. The predicted molar refractivity (Wildman–Crippen MR) is 57.9 cm³/mol. The second-order valence-corrected chi connectivity index (χ2v) is 4.28. The van der Waals surface area contributed by atoms with Crippen molar-refractivity contribution in [1.29, 1.82) is 0 Å². The number of carboxylic acids is 1. The highest BCUT2D eigenvalue weighted by Gasteiger charge is 2.17. The third-order valence-corrected chi connectivity index (χ3v) is 2.88. The van der Waals surface area contributed by atoms with Crippen LogP contribution in [0.2, 0.25) is 0 Å². The zero-order valence-corrected chi connectivity index (χ0v) is 9.53. The molecule has 1 amide bonds. The minimum absolute atomic E-state index is 0.320. The molecule has 0 radical (unpaired) electrons. The SMILES string of the molecule is CC(=O)NC(CCSCCCl)C(=O)O. The van der Waals surface area contributed by atoms with E-state index in [-0.39, 0.29) is 5.91 Å². The third-order valence-electron chi connectivity index (χ3n) is 1.45. The molecule has 0 saturated carbocycles. The number of alkyl halides is 1. The van der Waals surface area contributed by atoms with Gasteiger partial charge in [-0.15, -0.1) is 11.6 Å². The van der Waals surface area contributed by atoms with Crippen molar-refractivity contribution >= 4 is 35.2 Å². The number of aliphatic carboxylic acids is 1. The summed E-state index contributed by atoms with van der Waals surface area (Å²) in [6.07, 6.45) is 0.427. The highest BCUT2D eigenvalue weighted by molar-refractivity contribution is 7.99. The summed E-state index contributed by atoms with van der Waals surface area (Å²) in [5.74, 6) is 0.729. The Balaban J connectivity index is 3.74. The highest BCUT2D eigenvalue weighted by Crippen LogP contribution is 2.05. The molecule has 0 aliphatic carbocycles. The van der Waals surface area contributed by atoms with Gasteiger partial charge in [-0.1, -0.05) is 0 Å². The van der Waals surface area contributed by atoms with E-state index < -0.39 is 12.0 Å². The Bertz CT molecular complexity index is 201. The van der Waals surface area contributed by atoms with E-state index in [1.54, 1.807) is 11.8 Å². The Labute approximate surface area is 92.4 Å². The van der Waals surface area contributed by atoms with Crippen LogP contribution < -0.4 is 5.32 Å². The van der Waals surface area contributed by atoms with Gasteiger partial charge in [0.2, 0.25) is 5.91 Å². The van der Waals surface area contributed by atoms with Gasteiger partial charge in [0.25, 0.3) is 0 Å². The fourth-order valence-corrected chi connectivity index (χ4v) is 1.90. The van der Waals surface area contributed by atoms with Gasteiger partial charge in [-0.2, -0.15) is 11.8 Å². The van der Waals surface area contributed by atoms with Crippen LogP contribution in [0.1, 0.15) is 13.3 Å². The average molecular weight is 240 g/mol. The molecule has 0 heterocycles. The molecule has 4 nitrogen and oxygen atoms in total. The lowest BCUT2D eigenvalue weighted by Crippen LogP contribution is -2.39. The maximum Gasteiger partial charge on any atom is 0.326 e. The topological polar surface area (TPSA) is 66.4 Å². The van der Waals surface area contributed by atoms with Crippen molar-refractivity contribution in [2.45, 2.75) is 19.4 Å². The van der Waals surface area contributed by atoms with Gasteiger partial charge in [0.1, 0.15) is 6.04 Å². The van der Waals surface area contributed by atoms with Gasteiger partial charge >= 0.3 is 5.97 Å². The monoisotopic (exact) mass is 239 g/mol. The van der Waals surface area contributed by atoms with E-state index in [1.165, 1.54) is 6.92 Å². The number of carbonyl (C=O) groups is 2. The fraction of sp³-hybridized carbons (Fsp3) is 0.750. The van der Waals surface area contributed by atoms with E-state index in [1.807, 2.05) is 0 Å². The third kappa shape index (κ3) is 7.03. The van der Waals surface area contributed by atoms with E-state index in [2.05, 4.69) is 5.32 Å². The van der Waals surface area contributed by atoms with Crippen LogP contribution in [0.15, 0.2) is 0 Å². The molecule has 0 rings (SSSR count). The molecule has 82 valence electrons. The predicted octanol–water partition coefficient (Wildman–Crippen LogP) is 0.938. The van der Waals surface area contributed by atoms with Crippen LogP contribution in [0.25, 0.3) is 0 Å². The maximum atomic E-state index is 10.6. The highest BCUT2D eigenvalue weighted by atomic mass is 35.5. The summed E-state index contributed by atoms with van der Waals surface area (Å²) in [4.78, 5) is 21.3. The van der Waals surface area contributed by atoms with E-state index >= 15 is 0 Å². The van der Waals surface area contributed by atoms with Gasteiger partial charge in [0, 0.05) is 18.6 Å². The lowest BCUT2D eigenvalue weighted by Gasteiger charge is -2.12. The Kier molecular flexibility index (Phi) is 7.70. The number of amides is 1. The van der Waals surface area contributed by atoms with Crippen molar-refractivity contribution in [3.8, 4) is 0 Å². The number of thioether (sulfide) groups is 1. The summed E-state index contributed by atoms with van der Waals surface area (Å²) < 4.78 is 0. The van der Waals surface area contributed by atoms with Crippen LogP contribution in [0.3, 0.4) is 0 Å². The molecule has 0 fully saturated rings. The largest absolute Gasteiger partial charge is 0.480 e. The lowest BCUT2D eigenvalue weighted by atomic mass is 10.2. The number of carbonyl (C=O) groups excluding carboxylic acids is 1. The average Bonchev–Trinajstić information content (AvgIpc) is 2.09. The van der Waals surface area contributed by atoms with Crippen LogP contribution >= 0.6 is 23.4 Å². The molecule has 6 heteroatoms. The normalized spacial score (nSPS) is 12.1. The summed E-state index contributed by atoms with van der Waals surface area (Å²) in [6.45, 7) is 1.31. The Morgan fingerprint density at radius 3 is 2.57 bits per heavy atom. The molecule has 0 aromatic carbocycles. The minimum Gasteiger partial charge on any atom is -0.480 e. The van der Waals surface area contributed by atoms with Gasteiger partial charge in [-0.25, -0.2) is 4.79 Å². The molecule has 0 saturated heterocycles. The van der Waals surface area contributed by atoms with Crippen LogP contribution in [0.5, 0.6) is 0 Å². The first-order valence-corrected chi connectivity index (χ1v) is 5.90. The number of halogens is 1. The molecular weight excluding hydrogens is 226 g/mol. The van der Waals surface area contributed by atoms with Crippen molar-refractivity contribution in [1.82, 2.24) is 5.32 Å². The van der Waals surface area contributed by atoms with Crippen LogP contribution in [-0.4, -0.2) is 40.4 Å². The van der Waals surface area contributed by atoms with Gasteiger partial charge in [-0.05, 0) is 12.2 Å². The quantitative estimate of drug-likeness (QED) is 0.513. The van der Waals surface area contributed by atoms with Crippen molar-refractivity contribution in [3.05, 3.63) is 0 Å². The Morgan fingerprint density at radius 1 is 1.50 bits per heavy atom. The second kappa shape index (κ2) is 7.94. The summed E-state index contributed by atoms with van der Waals surface area (Å²) in [6, 6.07) is -0.782. The molecule has 14 heavy (non-hydrogen) atoms. The fourth-order valence-electron chi connectivity index (χ4n) is 0.861. The second-order valence-electron chi connectivity index (χ2n) is 2.68. The molecule has 1 atom stereocenters. The molecule has 0 spiro atoms. The first-order chi connectivity index (χ1) is 6.57. The zero-order valence-electron chi connectivity index (χ0n) is 7.96. The first-order valence-electron chi connectivity index (χ1n) is 4.21. The Morgan fingerprint density at radius 2 is 2.14 bits per heavy atom. The van der Waals surface area contributed by atoms with Crippen LogP contribution in [-0.2, 0) is 9.59 Å². The van der Waals surface area contributed by atoms with Gasteiger partial charge in [0.15, 0.2) is 0 Å². The smallest absolute Gasteiger partial charge is 0.326 e. The van der Waals surface area contributed by atoms with Crippen molar-refractivity contribution in [2.75, 3.05) is 17.4 Å². The molecule has 0 aromatic heterocycles. The summed E-state index contributed by atoms with van der Waals surface area (Å²) >= 11 is 7.04. The zero-order chi connectivity index (χ0) is 11.0. The lowest BCUT2D eigenvalue weighted by molar-refractivity contribution is -0.141.